The Morgan fingerprint density at radius 3 is 2.70 bits per heavy atom. The molecule has 0 aliphatic heterocycles. The summed E-state index contributed by atoms with van der Waals surface area (Å²) in [6, 6.07) is 7.23. The second-order valence-electron chi connectivity index (χ2n) is 4.38. The Kier molecular flexibility index (Phi) is 5.32. The third-order valence-electron chi connectivity index (χ3n) is 2.95. The fourth-order valence-electron chi connectivity index (χ4n) is 2.02. The molecule has 1 atom stereocenters. The van der Waals surface area contributed by atoms with Crippen LogP contribution in [0.15, 0.2) is 36.7 Å². The topological polar surface area (TPSA) is 47.0 Å². The van der Waals surface area contributed by atoms with Crippen molar-refractivity contribution >= 4 is 11.6 Å². The van der Waals surface area contributed by atoms with Crippen molar-refractivity contribution in [1.29, 1.82) is 0 Å². The van der Waals surface area contributed by atoms with Crippen molar-refractivity contribution in [1.82, 2.24) is 15.3 Å². The summed E-state index contributed by atoms with van der Waals surface area (Å²) in [5.41, 5.74) is 0.944. The summed E-state index contributed by atoms with van der Waals surface area (Å²) >= 11 is 6.12. The van der Waals surface area contributed by atoms with Crippen LogP contribution in [-0.2, 0) is 0 Å². The number of aromatic nitrogens is 2. The van der Waals surface area contributed by atoms with Crippen molar-refractivity contribution in [3.05, 3.63) is 53.1 Å². The Morgan fingerprint density at radius 1 is 1.30 bits per heavy atom. The first-order valence-corrected chi connectivity index (χ1v) is 6.97. The smallest absolute Gasteiger partial charge is 0.149 e. The highest BCUT2D eigenvalue weighted by Gasteiger charge is 2.20. The molecule has 20 heavy (non-hydrogen) atoms. The molecule has 0 spiro atoms. The van der Waals surface area contributed by atoms with E-state index in [0.717, 1.165) is 24.3 Å². The third-order valence-corrected chi connectivity index (χ3v) is 3.18. The molecule has 106 valence electrons. The fraction of sp³-hybridized carbons (Fsp3) is 0.333. The Balaban J connectivity index is 2.43. The zero-order valence-corrected chi connectivity index (χ0v) is 12.4. The molecule has 0 fully saturated rings. The minimum Gasteiger partial charge on any atom is -0.496 e. The van der Waals surface area contributed by atoms with E-state index in [4.69, 9.17) is 16.3 Å². The molecule has 1 heterocycles. The largest absolute Gasteiger partial charge is 0.496 e. The molecule has 2 rings (SSSR count). The van der Waals surface area contributed by atoms with E-state index in [9.17, 15) is 0 Å². The number of nitrogens with zero attached hydrogens (tertiary/aromatic N) is 2. The first-order valence-electron chi connectivity index (χ1n) is 6.60. The lowest BCUT2D eigenvalue weighted by Gasteiger charge is -2.20. The molecular weight excluding hydrogens is 274 g/mol. The molecule has 0 saturated carbocycles. The van der Waals surface area contributed by atoms with Crippen LogP contribution < -0.4 is 10.1 Å². The zero-order valence-electron chi connectivity index (χ0n) is 11.6. The zero-order chi connectivity index (χ0) is 14.4. The minimum atomic E-state index is -0.134. The number of methoxy groups -OCH3 is 1. The second-order valence-corrected chi connectivity index (χ2v) is 4.82. The normalized spacial score (nSPS) is 12.2. The molecule has 1 aromatic heterocycles. The van der Waals surface area contributed by atoms with Gasteiger partial charge in [0.05, 0.1) is 13.2 Å². The molecule has 2 aromatic rings. The van der Waals surface area contributed by atoms with Crippen LogP contribution in [-0.4, -0.2) is 23.6 Å². The molecular formula is C15H18ClN3O. The van der Waals surface area contributed by atoms with E-state index in [1.54, 1.807) is 25.6 Å². The van der Waals surface area contributed by atoms with Crippen molar-refractivity contribution in [2.75, 3.05) is 13.7 Å². The Labute approximate surface area is 124 Å². The van der Waals surface area contributed by atoms with Crippen molar-refractivity contribution in [2.24, 2.45) is 0 Å². The summed E-state index contributed by atoms with van der Waals surface area (Å²) in [4.78, 5) is 8.68. The van der Waals surface area contributed by atoms with Gasteiger partial charge in [0.1, 0.15) is 11.6 Å². The molecule has 1 N–H and O–H groups in total. The van der Waals surface area contributed by atoms with E-state index < -0.39 is 0 Å². The Morgan fingerprint density at radius 2 is 2.05 bits per heavy atom. The third kappa shape index (κ3) is 3.46. The maximum atomic E-state index is 6.12. The lowest BCUT2D eigenvalue weighted by atomic mass is 10.0. The molecule has 0 saturated heterocycles. The van der Waals surface area contributed by atoms with Crippen molar-refractivity contribution in [3.63, 3.8) is 0 Å². The highest BCUT2D eigenvalue weighted by molar-refractivity contribution is 6.30. The molecule has 0 aliphatic rings. The van der Waals surface area contributed by atoms with Crippen LogP contribution in [0.2, 0.25) is 5.02 Å². The fourth-order valence-corrected chi connectivity index (χ4v) is 2.20. The van der Waals surface area contributed by atoms with Crippen molar-refractivity contribution < 1.29 is 4.74 Å². The van der Waals surface area contributed by atoms with Gasteiger partial charge in [-0.2, -0.15) is 0 Å². The van der Waals surface area contributed by atoms with Gasteiger partial charge in [-0.05, 0) is 37.2 Å². The van der Waals surface area contributed by atoms with Crippen molar-refractivity contribution in [3.8, 4) is 5.75 Å². The molecule has 0 bridgehead atoms. The highest BCUT2D eigenvalue weighted by Crippen LogP contribution is 2.30. The summed E-state index contributed by atoms with van der Waals surface area (Å²) in [6.07, 6.45) is 4.49. The molecule has 5 heteroatoms. The van der Waals surface area contributed by atoms with Crippen LogP contribution in [0.25, 0.3) is 0 Å². The number of hydrogen-bond acceptors (Lipinski definition) is 4. The maximum absolute atomic E-state index is 6.12. The van der Waals surface area contributed by atoms with Crippen LogP contribution >= 0.6 is 11.6 Å². The first-order chi connectivity index (χ1) is 9.76. The Hall–Kier alpha value is -1.65. The summed E-state index contributed by atoms with van der Waals surface area (Å²) in [7, 11) is 1.65. The van der Waals surface area contributed by atoms with Crippen molar-refractivity contribution in [2.45, 2.75) is 19.4 Å². The van der Waals surface area contributed by atoms with Gasteiger partial charge >= 0.3 is 0 Å². The van der Waals surface area contributed by atoms with Gasteiger partial charge in [-0.3, -0.25) is 0 Å². The molecule has 0 aliphatic carbocycles. The van der Waals surface area contributed by atoms with E-state index in [1.165, 1.54) is 0 Å². The number of rotatable bonds is 6. The average molecular weight is 292 g/mol. The summed E-state index contributed by atoms with van der Waals surface area (Å²) in [5.74, 6) is 1.48. The van der Waals surface area contributed by atoms with E-state index in [1.807, 2.05) is 18.2 Å². The lowest BCUT2D eigenvalue weighted by Crippen LogP contribution is -2.25. The van der Waals surface area contributed by atoms with Gasteiger partial charge in [-0.15, -0.1) is 0 Å². The lowest BCUT2D eigenvalue weighted by molar-refractivity contribution is 0.402. The van der Waals surface area contributed by atoms with Gasteiger partial charge in [-0.25, -0.2) is 9.97 Å². The summed E-state index contributed by atoms with van der Waals surface area (Å²) in [5, 5.41) is 4.11. The molecule has 1 unspecified atom stereocenters. The van der Waals surface area contributed by atoms with Gasteiger partial charge in [0.25, 0.3) is 0 Å². The standard InChI is InChI=1S/C15H18ClN3O/c1-3-7-17-14(15-18-8-4-9-19-15)12-10-11(16)5-6-13(12)20-2/h4-6,8-10,14,17H,3,7H2,1-2H3. The van der Waals surface area contributed by atoms with E-state index in [0.29, 0.717) is 10.8 Å². The minimum absolute atomic E-state index is 0.134. The van der Waals surface area contributed by atoms with Crippen LogP contribution in [0.4, 0.5) is 0 Å². The predicted octanol–water partition coefficient (Wildman–Crippen LogP) is 3.23. The molecule has 0 amide bonds. The molecule has 0 radical (unpaired) electrons. The van der Waals surface area contributed by atoms with Crippen LogP contribution in [0.3, 0.4) is 0 Å². The van der Waals surface area contributed by atoms with Gasteiger partial charge in [0.15, 0.2) is 0 Å². The summed E-state index contributed by atoms with van der Waals surface area (Å²) in [6.45, 7) is 2.98. The average Bonchev–Trinajstić information content (AvgIpc) is 2.49. The Bertz CT molecular complexity index is 548. The molecule has 1 aromatic carbocycles. The number of hydrogen-bond donors (Lipinski definition) is 1. The highest BCUT2D eigenvalue weighted by atomic mass is 35.5. The quantitative estimate of drug-likeness (QED) is 0.888. The number of ether oxygens (including phenoxy) is 1. The van der Waals surface area contributed by atoms with E-state index in [2.05, 4.69) is 22.2 Å². The number of halogens is 1. The van der Waals surface area contributed by atoms with E-state index >= 15 is 0 Å². The van der Waals surface area contributed by atoms with Gasteiger partial charge < -0.3 is 10.1 Å². The predicted molar refractivity (Wildman–Crippen MR) is 80.2 cm³/mol. The number of nitrogens with one attached hydrogen (secondary N) is 1. The first kappa shape index (κ1) is 14.8. The second kappa shape index (κ2) is 7.22. The van der Waals surface area contributed by atoms with E-state index in [-0.39, 0.29) is 6.04 Å². The summed E-state index contributed by atoms with van der Waals surface area (Å²) < 4.78 is 5.43. The van der Waals surface area contributed by atoms with Crippen LogP contribution in [0.1, 0.15) is 30.8 Å². The monoisotopic (exact) mass is 291 g/mol. The maximum Gasteiger partial charge on any atom is 0.149 e. The van der Waals surface area contributed by atoms with Gasteiger partial charge in [-0.1, -0.05) is 18.5 Å². The number of benzene rings is 1. The van der Waals surface area contributed by atoms with Crippen LogP contribution in [0, 0.1) is 0 Å². The van der Waals surface area contributed by atoms with Gasteiger partial charge in [0, 0.05) is 23.0 Å². The van der Waals surface area contributed by atoms with Gasteiger partial charge in [0.2, 0.25) is 0 Å². The van der Waals surface area contributed by atoms with Crippen LogP contribution in [0.5, 0.6) is 5.75 Å². The SMILES string of the molecule is CCCNC(c1ncccn1)c1cc(Cl)ccc1OC. The molecule has 4 nitrogen and oxygen atoms in total.